The van der Waals surface area contributed by atoms with Crippen molar-refractivity contribution in [1.82, 2.24) is 0 Å². The first-order valence-electron chi connectivity index (χ1n) is 13.1. The molecule has 2 aliphatic rings. The zero-order valence-electron chi connectivity index (χ0n) is 20.4. The van der Waals surface area contributed by atoms with Gasteiger partial charge in [0.15, 0.2) is 0 Å². The van der Waals surface area contributed by atoms with Gasteiger partial charge < -0.3 is 4.90 Å². The number of anilines is 1. The number of hydrogen-bond donors (Lipinski definition) is 0. The van der Waals surface area contributed by atoms with E-state index in [1.807, 2.05) is 7.05 Å². The number of nitrogens with zero attached hydrogens (tertiary/aromatic N) is 1. The number of carbonyl (C=O) groups is 1. The van der Waals surface area contributed by atoms with Crippen LogP contribution >= 0.6 is 0 Å². The Bertz CT molecular complexity index is 707. The molecule has 1 amide bonds. The molecule has 1 aromatic rings. The Morgan fingerprint density at radius 2 is 1.65 bits per heavy atom. The number of aryl methyl sites for hydroxylation is 1. The molecule has 0 aromatic heterocycles. The highest BCUT2D eigenvalue weighted by Crippen LogP contribution is 2.45. The van der Waals surface area contributed by atoms with E-state index in [1.54, 1.807) is 4.90 Å². The summed E-state index contributed by atoms with van der Waals surface area (Å²) >= 11 is 0. The minimum Gasteiger partial charge on any atom is -0.312 e. The van der Waals surface area contributed by atoms with Gasteiger partial charge in [-0.25, -0.2) is 0 Å². The average Bonchev–Trinajstić information content (AvgIpc) is 2.83. The molecule has 172 valence electrons. The summed E-state index contributed by atoms with van der Waals surface area (Å²) in [5.41, 5.74) is 3.79. The third kappa shape index (κ3) is 6.24. The second-order valence-electron chi connectivity index (χ2n) is 10.2. The third-order valence-corrected chi connectivity index (χ3v) is 8.37. The highest BCUT2D eigenvalue weighted by Gasteiger charge is 2.31. The standard InChI is InChI=1S/C29H45NO/c1-5-8-9-10-22-11-13-24(14-12-22)25-15-17-26(18-16-25)27-19-20-28(23(6-2)21-27)30(4)29(31)7-3/h7,19-22,24-26H,3,5-6,8-18H2,1-2,4H3. The zero-order chi connectivity index (χ0) is 22.2. The number of hydrogen-bond acceptors (Lipinski definition) is 1. The van der Waals surface area contributed by atoms with Crippen molar-refractivity contribution >= 4 is 11.6 Å². The molecule has 0 heterocycles. The van der Waals surface area contributed by atoms with Crippen molar-refractivity contribution in [3.8, 4) is 0 Å². The van der Waals surface area contributed by atoms with Crippen LogP contribution in [0.2, 0.25) is 0 Å². The lowest BCUT2D eigenvalue weighted by Gasteiger charge is -2.38. The van der Waals surface area contributed by atoms with Crippen molar-refractivity contribution < 1.29 is 4.79 Å². The maximum atomic E-state index is 12.0. The van der Waals surface area contributed by atoms with Crippen LogP contribution in [0.5, 0.6) is 0 Å². The summed E-state index contributed by atoms with van der Waals surface area (Å²) in [6.45, 7) is 8.13. The number of carbonyl (C=O) groups excluding carboxylic acids is 1. The summed E-state index contributed by atoms with van der Waals surface area (Å²) in [6, 6.07) is 6.80. The largest absolute Gasteiger partial charge is 0.312 e. The van der Waals surface area contributed by atoms with Crippen LogP contribution in [0.15, 0.2) is 30.9 Å². The fourth-order valence-corrected chi connectivity index (χ4v) is 6.28. The molecule has 2 saturated carbocycles. The van der Waals surface area contributed by atoms with Gasteiger partial charge in [-0.05, 0) is 91.9 Å². The van der Waals surface area contributed by atoms with Gasteiger partial charge in [-0.3, -0.25) is 4.79 Å². The number of rotatable bonds is 9. The molecule has 0 atom stereocenters. The molecule has 1 aromatic carbocycles. The zero-order valence-corrected chi connectivity index (χ0v) is 20.4. The lowest BCUT2D eigenvalue weighted by molar-refractivity contribution is -0.113. The Morgan fingerprint density at radius 3 is 2.23 bits per heavy atom. The van der Waals surface area contributed by atoms with Crippen LogP contribution in [0.1, 0.15) is 108 Å². The Morgan fingerprint density at radius 1 is 1.00 bits per heavy atom. The minimum absolute atomic E-state index is 0.0388. The first kappa shape index (κ1) is 24.1. The summed E-state index contributed by atoms with van der Waals surface area (Å²) in [5, 5.41) is 0. The van der Waals surface area contributed by atoms with Crippen LogP contribution in [-0.4, -0.2) is 13.0 Å². The fraction of sp³-hybridized carbons (Fsp3) is 0.690. The number of unbranched alkanes of at least 4 members (excludes halogenated alkanes) is 2. The predicted octanol–water partition coefficient (Wildman–Crippen LogP) is 8.06. The molecule has 0 bridgehead atoms. The van der Waals surface area contributed by atoms with Crippen molar-refractivity contribution in [3.05, 3.63) is 42.0 Å². The van der Waals surface area contributed by atoms with E-state index in [1.165, 1.54) is 94.3 Å². The van der Waals surface area contributed by atoms with Gasteiger partial charge in [-0.15, -0.1) is 0 Å². The Hall–Kier alpha value is -1.57. The van der Waals surface area contributed by atoms with E-state index in [0.717, 1.165) is 29.9 Å². The van der Waals surface area contributed by atoms with Crippen LogP contribution in [0.3, 0.4) is 0 Å². The average molecular weight is 424 g/mol. The Balaban J connectivity index is 1.52. The van der Waals surface area contributed by atoms with Crippen LogP contribution in [0.25, 0.3) is 0 Å². The number of likely N-dealkylation sites (N-methyl/N-ethyl adjacent to an activating group) is 1. The fourth-order valence-electron chi connectivity index (χ4n) is 6.28. The lowest BCUT2D eigenvalue weighted by Crippen LogP contribution is -2.26. The quantitative estimate of drug-likeness (QED) is 0.290. The molecule has 31 heavy (non-hydrogen) atoms. The Kier molecular flexibility index (Phi) is 9.23. The second-order valence-corrected chi connectivity index (χ2v) is 10.2. The van der Waals surface area contributed by atoms with E-state index in [2.05, 4.69) is 38.6 Å². The van der Waals surface area contributed by atoms with Crippen molar-refractivity contribution in [2.45, 2.75) is 103 Å². The van der Waals surface area contributed by atoms with Gasteiger partial charge in [0.05, 0.1) is 0 Å². The molecule has 0 spiro atoms. The molecule has 0 N–H and O–H groups in total. The monoisotopic (exact) mass is 423 g/mol. The number of benzene rings is 1. The van der Waals surface area contributed by atoms with Gasteiger partial charge in [0.25, 0.3) is 0 Å². The summed E-state index contributed by atoms with van der Waals surface area (Å²) in [6.07, 6.45) is 19.5. The molecule has 2 heteroatoms. The van der Waals surface area contributed by atoms with Crippen LogP contribution in [0.4, 0.5) is 5.69 Å². The van der Waals surface area contributed by atoms with Gasteiger partial charge in [-0.2, -0.15) is 0 Å². The van der Waals surface area contributed by atoms with E-state index >= 15 is 0 Å². The van der Waals surface area contributed by atoms with E-state index in [0.29, 0.717) is 5.92 Å². The molecule has 2 aliphatic carbocycles. The van der Waals surface area contributed by atoms with Crippen LogP contribution in [0, 0.1) is 17.8 Å². The summed E-state index contributed by atoms with van der Waals surface area (Å²) in [4.78, 5) is 13.8. The highest BCUT2D eigenvalue weighted by atomic mass is 16.2. The highest BCUT2D eigenvalue weighted by molar-refractivity contribution is 6.01. The van der Waals surface area contributed by atoms with Gasteiger partial charge in [0.1, 0.15) is 0 Å². The third-order valence-electron chi connectivity index (χ3n) is 8.37. The topological polar surface area (TPSA) is 20.3 Å². The molecular formula is C29H45NO. The molecular weight excluding hydrogens is 378 g/mol. The van der Waals surface area contributed by atoms with E-state index < -0.39 is 0 Å². The van der Waals surface area contributed by atoms with E-state index in [4.69, 9.17) is 0 Å². The first-order chi connectivity index (χ1) is 15.1. The van der Waals surface area contributed by atoms with Gasteiger partial charge in [0, 0.05) is 12.7 Å². The van der Waals surface area contributed by atoms with Crippen molar-refractivity contribution in [2.24, 2.45) is 17.8 Å². The molecule has 0 aliphatic heterocycles. The molecule has 2 nitrogen and oxygen atoms in total. The SMILES string of the molecule is C=CC(=O)N(C)c1ccc(C2CCC(C3CCC(CCCCC)CC3)CC2)cc1CC. The van der Waals surface area contributed by atoms with Crippen molar-refractivity contribution in [2.75, 3.05) is 11.9 Å². The van der Waals surface area contributed by atoms with E-state index in [9.17, 15) is 4.79 Å². The molecule has 0 unspecified atom stereocenters. The minimum atomic E-state index is -0.0388. The molecule has 2 fully saturated rings. The van der Waals surface area contributed by atoms with Gasteiger partial charge >= 0.3 is 0 Å². The van der Waals surface area contributed by atoms with Crippen LogP contribution in [-0.2, 0) is 11.2 Å². The number of amides is 1. The van der Waals surface area contributed by atoms with Gasteiger partial charge in [-0.1, -0.05) is 71.1 Å². The molecule has 0 radical (unpaired) electrons. The van der Waals surface area contributed by atoms with Crippen molar-refractivity contribution in [3.63, 3.8) is 0 Å². The predicted molar refractivity (Wildman–Crippen MR) is 134 cm³/mol. The lowest BCUT2D eigenvalue weighted by atomic mass is 9.68. The van der Waals surface area contributed by atoms with Crippen LogP contribution < -0.4 is 4.90 Å². The van der Waals surface area contributed by atoms with Crippen molar-refractivity contribution in [1.29, 1.82) is 0 Å². The smallest absolute Gasteiger partial charge is 0.250 e. The summed E-state index contributed by atoms with van der Waals surface area (Å²) in [5.74, 6) is 3.64. The van der Waals surface area contributed by atoms with Gasteiger partial charge in [0.2, 0.25) is 5.91 Å². The maximum absolute atomic E-state index is 12.0. The second kappa shape index (κ2) is 11.9. The Labute approximate surface area is 191 Å². The molecule has 3 rings (SSSR count). The maximum Gasteiger partial charge on any atom is 0.250 e. The normalized spacial score (nSPS) is 26.4. The molecule has 0 saturated heterocycles. The first-order valence-corrected chi connectivity index (χ1v) is 13.1. The van der Waals surface area contributed by atoms with E-state index in [-0.39, 0.29) is 5.91 Å². The summed E-state index contributed by atoms with van der Waals surface area (Å²) in [7, 11) is 1.85. The summed E-state index contributed by atoms with van der Waals surface area (Å²) < 4.78 is 0.